The number of hydrogen-bond donors (Lipinski definition) is 2. The Morgan fingerprint density at radius 2 is 1.66 bits per heavy atom. The molecule has 29 heavy (non-hydrogen) atoms. The maximum Gasteiger partial charge on any atom is 0.418 e. The number of amides is 2. The minimum absolute atomic E-state index is 0. The molecule has 0 aromatic heterocycles. The second-order valence-electron chi connectivity index (χ2n) is 6.24. The Labute approximate surface area is 173 Å². The number of hydrogen-bond acceptors (Lipinski definition) is 3. The van der Waals surface area contributed by atoms with E-state index in [4.69, 9.17) is 5.73 Å². The van der Waals surface area contributed by atoms with Crippen LogP contribution in [0.15, 0.2) is 54.6 Å². The highest BCUT2D eigenvalue weighted by atomic mass is 35.5. The Kier molecular flexibility index (Phi) is 9.13. The summed E-state index contributed by atoms with van der Waals surface area (Å²) in [4.78, 5) is 26.0. The minimum atomic E-state index is -4.60. The summed E-state index contributed by atoms with van der Waals surface area (Å²) in [6.07, 6.45) is -4.29. The number of nitrogens with two attached hydrogens (primary N) is 1. The molecule has 0 unspecified atom stereocenters. The maximum atomic E-state index is 13.0. The number of anilines is 1. The summed E-state index contributed by atoms with van der Waals surface area (Å²) in [7, 11) is 0. The van der Waals surface area contributed by atoms with E-state index in [2.05, 4.69) is 5.32 Å². The predicted octanol–water partition coefficient (Wildman–Crippen LogP) is 3.48. The molecule has 0 saturated carbocycles. The van der Waals surface area contributed by atoms with Crippen LogP contribution in [0.1, 0.15) is 18.1 Å². The fourth-order valence-electron chi connectivity index (χ4n) is 2.74. The van der Waals surface area contributed by atoms with Crippen molar-refractivity contribution in [2.45, 2.75) is 25.6 Å². The van der Waals surface area contributed by atoms with E-state index in [-0.39, 0.29) is 31.2 Å². The lowest BCUT2D eigenvalue weighted by atomic mass is 10.1. The van der Waals surface area contributed by atoms with Crippen molar-refractivity contribution in [3.05, 3.63) is 65.7 Å². The van der Waals surface area contributed by atoms with Gasteiger partial charge in [0.15, 0.2) is 0 Å². The van der Waals surface area contributed by atoms with Crippen molar-refractivity contribution in [2.75, 3.05) is 18.4 Å². The highest BCUT2D eigenvalue weighted by Gasteiger charge is 2.33. The van der Waals surface area contributed by atoms with Crippen molar-refractivity contribution in [1.82, 2.24) is 4.90 Å². The molecule has 0 fully saturated rings. The fourth-order valence-corrected chi connectivity index (χ4v) is 2.74. The van der Waals surface area contributed by atoms with E-state index in [1.54, 1.807) is 6.92 Å². The first kappa shape index (κ1) is 24.5. The first-order chi connectivity index (χ1) is 13.2. The van der Waals surface area contributed by atoms with Crippen molar-refractivity contribution in [3.63, 3.8) is 0 Å². The smallest absolute Gasteiger partial charge is 0.332 e. The zero-order valence-electron chi connectivity index (χ0n) is 15.8. The number of likely N-dealkylation sites (N-methyl/N-ethyl adjacent to an activating group) is 1. The minimum Gasteiger partial charge on any atom is -0.332 e. The van der Waals surface area contributed by atoms with Crippen LogP contribution in [-0.4, -0.2) is 35.8 Å². The van der Waals surface area contributed by atoms with E-state index in [0.717, 1.165) is 11.6 Å². The monoisotopic (exact) mass is 429 g/mol. The van der Waals surface area contributed by atoms with Gasteiger partial charge in [0.25, 0.3) is 0 Å². The third-order valence-corrected chi connectivity index (χ3v) is 4.15. The van der Waals surface area contributed by atoms with E-state index in [1.807, 2.05) is 30.3 Å². The Bertz CT molecular complexity index is 816. The Balaban J connectivity index is 0.00000420. The number of para-hydroxylation sites is 1. The van der Waals surface area contributed by atoms with Gasteiger partial charge in [-0.2, -0.15) is 13.2 Å². The lowest BCUT2D eigenvalue weighted by Crippen LogP contribution is -2.47. The summed E-state index contributed by atoms with van der Waals surface area (Å²) in [5, 5.41) is 2.23. The highest BCUT2D eigenvalue weighted by molar-refractivity contribution is 5.96. The maximum absolute atomic E-state index is 13.0. The number of carbonyl (C=O) groups excluding carboxylic acids is 2. The van der Waals surface area contributed by atoms with Gasteiger partial charge < -0.3 is 16.0 Å². The third kappa shape index (κ3) is 7.07. The fraction of sp³-hybridized carbons (Fsp3) is 0.300. The lowest BCUT2D eigenvalue weighted by Gasteiger charge is -2.24. The van der Waals surface area contributed by atoms with Crippen LogP contribution in [0.25, 0.3) is 0 Å². The normalized spacial score (nSPS) is 11.9. The largest absolute Gasteiger partial charge is 0.418 e. The molecule has 0 spiro atoms. The predicted molar refractivity (Wildman–Crippen MR) is 108 cm³/mol. The Morgan fingerprint density at radius 3 is 2.24 bits per heavy atom. The standard InChI is InChI=1S/C20H22F3N3O2.ClH/c1-2-26(19(28)16(24)12-14-8-4-3-5-9-14)13-18(27)25-17-11-7-6-10-15(17)20(21,22)23;/h3-11,16H,2,12-13,24H2,1H3,(H,25,27);1H/t16-;/m0./s1. The molecule has 2 amide bonds. The number of nitrogens with one attached hydrogen (secondary N) is 1. The molecule has 2 aromatic rings. The number of nitrogens with zero attached hydrogens (tertiary/aromatic N) is 1. The average molecular weight is 430 g/mol. The van der Waals surface area contributed by atoms with Crippen LogP contribution in [0.3, 0.4) is 0 Å². The number of halogens is 4. The second-order valence-corrected chi connectivity index (χ2v) is 6.24. The van der Waals surface area contributed by atoms with Gasteiger partial charge in [-0.3, -0.25) is 9.59 Å². The Hall–Kier alpha value is -2.58. The van der Waals surface area contributed by atoms with Crippen LogP contribution in [-0.2, 0) is 22.2 Å². The second kappa shape index (κ2) is 10.8. The zero-order valence-corrected chi connectivity index (χ0v) is 16.6. The van der Waals surface area contributed by atoms with E-state index >= 15 is 0 Å². The van der Waals surface area contributed by atoms with Gasteiger partial charge in [-0.05, 0) is 31.0 Å². The van der Waals surface area contributed by atoms with E-state index < -0.39 is 29.6 Å². The van der Waals surface area contributed by atoms with E-state index in [9.17, 15) is 22.8 Å². The molecule has 0 radical (unpaired) electrons. The van der Waals surface area contributed by atoms with Gasteiger partial charge in [0, 0.05) is 6.54 Å². The molecule has 2 rings (SSSR count). The SMILES string of the molecule is CCN(CC(=O)Nc1ccccc1C(F)(F)F)C(=O)[C@@H](N)Cc1ccccc1.Cl. The van der Waals surface area contributed by atoms with Crippen molar-refractivity contribution >= 4 is 29.9 Å². The molecule has 0 aliphatic carbocycles. The summed E-state index contributed by atoms with van der Waals surface area (Å²) in [6.45, 7) is 1.49. The van der Waals surface area contributed by atoms with Crippen LogP contribution in [0.5, 0.6) is 0 Å². The average Bonchev–Trinajstić information content (AvgIpc) is 2.66. The topological polar surface area (TPSA) is 75.4 Å². The molecule has 1 atom stereocenters. The molecule has 0 heterocycles. The lowest BCUT2D eigenvalue weighted by molar-refractivity contribution is -0.137. The van der Waals surface area contributed by atoms with Crippen LogP contribution in [0, 0.1) is 0 Å². The Morgan fingerprint density at radius 1 is 1.07 bits per heavy atom. The van der Waals surface area contributed by atoms with Crippen LogP contribution in [0.2, 0.25) is 0 Å². The highest BCUT2D eigenvalue weighted by Crippen LogP contribution is 2.34. The molecule has 158 valence electrons. The van der Waals surface area contributed by atoms with Crippen LogP contribution >= 0.6 is 12.4 Å². The van der Waals surface area contributed by atoms with Crippen molar-refractivity contribution in [1.29, 1.82) is 0 Å². The molecule has 0 aliphatic rings. The molecule has 0 aliphatic heterocycles. The number of carbonyl (C=O) groups is 2. The van der Waals surface area contributed by atoms with Gasteiger partial charge >= 0.3 is 6.18 Å². The van der Waals surface area contributed by atoms with E-state index in [1.165, 1.54) is 23.1 Å². The number of alkyl halides is 3. The van der Waals surface area contributed by atoms with Crippen molar-refractivity contribution in [3.8, 4) is 0 Å². The molecule has 9 heteroatoms. The molecule has 2 aromatic carbocycles. The first-order valence-electron chi connectivity index (χ1n) is 8.76. The summed E-state index contributed by atoms with van der Waals surface area (Å²) in [5.74, 6) is -1.16. The zero-order chi connectivity index (χ0) is 20.7. The van der Waals surface area contributed by atoms with Gasteiger partial charge in [0.2, 0.25) is 11.8 Å². The first-order valence-corrected chi connectivity index (χ1v) is 8.76. The van der Waals surface area contributed by atoms with E-state index in [0.29, 0.717) is 6.42 Å². The number of rotatable bonds is 7. The molecule has 3 N–H and O–H groups in total. The summed E-state index contributed by atoms with van der Waals surface area (Å²) in [5.41, 5.74) is 5.55. The van der Waals surface area contributed by atoms with Gasteiger partial charge in [-0.25, -0.2) is 0 Å². The summed E-state index contributed by atoms with van der Waals surface area (Å²) < 4.78 is 39.1. The third-order valence-electron chi connectivity index (χ3n) is 4.15. The summed E-state index contributed by atoms with van der Waals surface area (Å²) in [6, 6.07) is 13.0. The number of benzene rings is 2. The quantitative estimate of drug-likeness (QED) is 0.707. The molecular formula is C20H23ClF3N3O2. The van der Waals surface area contributed by atoms with Gasteiger partial charge in [-0.15, -0.1) is 12.4 Å². The van der Waals surface area contributed by atoms with Gasteiger partial charge in [0.1, 0.15) is 0 Å². The van der Waals surface area contributed by atoms with Crippen molar-refractivity contribution < 1.29 is 22.8 Å². The molecule has 0 bridgehead atoms. The molecular weight excluding hydrogens is 407 g/mol. The summed E-state index contributed by atoms with van der Waals surface area (Å²) >= 11 is 0. The van der Waals surface area contributed by atoms with Crippen molar-refractivity contribution in [2.24, 2.45) is 5.73 Å². The van der Waals surface area contributed by atoms with Gasteiger partial charge in [0.05, 0.1) is 23.8 Å². The van der Waals surface area contributed by atoms with Crippen LogP contribution in [0.4, 0.5) is 18.9 Å². The van der Waals surface area contributed by atoms with Gasteiger partial charge in [-0.1, -0.05) is 42.5 Å². The van der Waals surface area contributed by atoms with Crippen LogP contribution < -0.4 is 11.1 Å². The molecule has 0 saturated heterocycles. The molecule has 5 nitrogen and oxygen atoms in total.